The summed E-state index contributed by atoms with van der Waals surface area (Å²) in [5.74, 6) is 2.96. The van der Waals surface area contributed by atoms with Crippen LogP contribution in [0, 0.1) is 23.6 Å². The third-order valence-corrected chi connectivity index (χ3v) is 8.28. The molecule has 2 aromatic rings. The molecule has 2 fully saturated rings. The number of hydrogen-bond donors (Lipinski definition) is 0. The first-order valence-corrected chi connectivity index (χ1v) is 12.8. The van der Waals surface area contributed by atoms with E-state index in [0.717, 1.165) is 29.9 Å². The van der Waals surface area contributed by atoms with Crippen molar-refractivity contribution in [1.82, 2.24) is 0 Å². The second kappa shape index (κ2) is 11.5. The number of hydrogen-bond acceptors (Lipinski definition) is 2. The highest BCUT2D eigenvalue weighted by Crippen LogP contribution is 2.44. The molecule has 0 radical (unpaired) electrons. The van der Waals surface area contributed by atoms with E-state index in [0.29, 0.717) is 11.5 Å². The quantitative estimate of drug-likeness (QED) is 0.378. The Bertz CT molecular complexity index is 923. The first-order valence-electron chi connectivity index (χ1n) is 12.4. The molecule has 0 amide bonds. The van der Waals surface area contributed by atoms with Crippen molar-refractivity contribution < 1.29 is 13.9 Å². The van der Waals surface area contributed by atoms with Gasteiger partial charge < -0.3 is 9.47 Å². The molecule has 2 aromatic carbocycles. The van der Waals surface area contributed by atoms with Gasteiger partial charge in [-0.2, -0.15) is 0 Å². The molecule has 0 saturated heterocycles. The Morgan fingerprint density at radius 1 is 0.848 bits per heavy atom. The van der Waals surface area contributed by atoms with Crippen LogP contribution in [-0.4, -0.2) is 20.8 Å². The van der Waals surface area contributed by atoms with E-state index in [2.05, 4.69) is 24.3 Å². The van der Waals surface area contributed by atoms with E-state index in [1.807, 2.05) is 19.3 Å². The summed E-state index contributed by atoms with van der Waals surface area (Å²) >= 11 is 6.15. The average molecular weight is 471 g/mol. The van der Waals surface area contributed by atoms with Gasteiger partial charge in [-0.3, -0.25) is 0 Å². The minimum absolute atomic E-state index is 0.0890. The molecule has 0 heterocycles. The van der Waals surface area contributed by atoms with Crippen molar-refractivity contribution in [2.75, 3.05) is 20.8 Å². The van der Waals surface area contributed by atoms with Crippen molar-refractivity contribution in [3.05, 3.63) is 63.9 Å². The molecule has 0 spiro atoms. The zero-order valence-electron chi connectivity index (χ0n) is 19.9. The molecular formula is C29H36ClFO2. The lowest BCUT2D eigenvalue weighted by atomic mass is 9.68. The molecule has 33 heavy (non-hydrogen) atoms. The molecule has 0 bridgehead atoms. The van der Waals surface area contributed by atoms with Gasteiger partial charge in [0.05, 0.1) is 12.1 Å². The fourth-order valence-electron chi connectivity index (χ4n) is 5.88. The second-order valence-corrected chi connectivity index (χ2v) is 10.2. The van der Waals surface area contributed by atoms with Gasteiger partial charge in [0.15, 0.2) is 11.6 Å². The summed E-state index contributed by atoms with van der Waals surface area (Å²) in [6, 6.07) is 12.2. The van der Waals surface area contributed by atoms with Gasteiger partial charge in [0.2, 0.25) is 0 Å². The van der Waals surface area contributed by atoms with E-state index < -0.39 is 5.82 Å². The third kappa shape index (κ3) is 6.00. The van der Waals surface area contributed by atoms with Crippen LogP contribution in [0.5, 0.6) is 5.75 Å². The second-order valence-electron chi connectivity index (χ2n) is 9.83. The van der Waals surface area contributed by atoms with Gasteiger partial charge in [-0.15, -0.1) is 0 Å². The molecular weight excluding hydrogens is 435 g/mol. The van der Waals surface area contributed by atoms with Crippen LogP contribution >= 0.6 is 11.6 Å². The van der Waals surface area contributed by atoms with Gasteiger partial charge >= 0.3 is 0 Å². The lowest BCUT2D eigenvalue weighted by Gasteiger charge is -2.38. The summed E-state index contributed by atoms with van der Waals surface area (Å²) in [7, 11) is 3.26. The smallest absolute Gasteiger partial charge is 0.184 e. The van der Waals surface area contributed by atoms with Crippen molar-refractivity contribution in [1.29, 1.82) is 0 Å². The SMILES string of the molecule is COCC1CCC(C2CCC(c3ccc(C=Cc4ccc(OC)c(F)c4Cl)cc3)CC2)CC1. The molecule has 2 saturated carbocycles. The van der Waals surface area contributed by atoms with Crippen LogP contribution in [0.4, 0.5) is 4.39 Å². The van der Waals surface area contributed by atoms with E-state index in [4.69, 9.17) is 21.1 Å². The normalized spacial score (nSPS) is 25.9. The van der Waals surface area contributed by atoms with Crippen molar-refractivity contribution in [2.24, 2.45) is 17.8 Å². The molecule has 2 nitrogen and oxygen atoms in total. The van der Waals surface area contributed by atoms with Crippen LogP contribution in [-0.2, 0) is 4.74 Å². The zero-order valence-corrected chi connectivity index (χ0v) is 20.6. The zero-order chi connectivity index (χ0) is 23.2. The number of benzene rings is 2. The Morgan fingerprint density at radius 2 is 1.48 bits per heavy atom. The fourth-order valence-corrected chi connectivity index (χ4v) is 6.10. The van der Waals surface area contributed by atoms with E-state index in [-0.39, 0.29) is 10.8 Å². The predicted octanol–water partition coefficient (Wildman–Crippen LogP) is 8.38. The number of ether oxygens (including phenoxy) is 2. The van der Waals surface area contributed by atoms with Crippen LogP contribution < -0.4 is 4.74 Å². The van der Waals surface area contributed by atoms with E-state index in [1.165, 1.54) is 64.0 Å². The van der Waals surface area contributed by atoms with Gasteiger partial charge in [0.25, 0.3) is 0 Å². The Labute approximate surface area is 203 Å². The molecule has 2 aliphatic carbocycles. The summed E-state index contributed by atoms with van der Waals surface area (Å²) in [5, 5.41) is 0.0890. The van der Waals surface area contributed by atoms with Gasteiger partial charge in [-0.05, 0) is 104 Å². The summed E-state index contributed by atoms with van der Waals surface area (Å²) in [6.45, 7) is 0.939. The number of methoxy groups -OCH3 is 2. The topological polar surface area (TPSA) is 18.5 Å². The van der Waals surface area contributed by atoms with Crippen molar-refractivity contribution in [3.63, 3.8) is 0 Å². The number of halogens is 2. The summed E-state index contributed by atoms with van der Waals surface area (Å²) in [5.41, 5.74) is 3.18. The molecule has 0 aliphatic heterocycles. The highest BCUT2D eigenvalue weighted by atomic mass is 35.5. The minimum atomic E-state index is -0.518. The Balaban J connectivity index is 1.30. The van der Waals surface area contributed by atoms with Crippen LogP contribution in [0.3, 0.4) is 0 Å². The summed E-state index contributed by atoms with van der Waals surface area (Å²) in [4.78, 5) is 0. The highest BCUT2D eigenvalue weighted by Gasteiger charge is 2.31. The van der Waals surface area contributed by atoms with Crippen molar-refractivity contribution in [3.8, 4) is 5.75 Å². The molecule has 0 aromatic heterocycles. The van der Waals surface area contributed by atoms with Gasteiger partial charge in [-0.25, -0.2) is 4.39 Å². The standard InChI is InChI=1S/C29H36ClFO2/c1-32-19-21-6-10-23(11-7-21)25-15-13-24(14-16-25)22-8-3-20(4-9-22)5-12-26-17-18-27(33-2)29(31)28(26)30/h3-5,8-9,12,17-18,21,23-25H,6-7,10-11,13-16,19H2,1-2H3. The first kappa shape index (κ1) is 24.3. The molecule has 0 N–H and O–H groups in total. The molecule has 0 atom stereocenters. The number of rotatable bonds is 7. The highest BCUT2D eigenvalue weighted by molar-refractivity contribution is 6.32. The van der Waals surface area contributed by atoms with Gasteiger partial charge in [0, 0.05) is 13.7 Å². The maximum absolute atomic E-state index is 14.1. The maximum atomic E-state index is 14.1. The molecule has 178 valence electrons. The van der Waals surface area contributed by atoms with Crippen LogP contribution in [0.2, 0.25) is 5.02 Å². The van der Waals surface area contributed by atoms with Gasteiger partial charge in [0.1, 0.15) is 0 Å². The molecule has 4 rings (SSSR count). The minimum Gasteiger partial charge on any atom is -0.494 e. The van der Waals surface area contributed by atoms with E-state index in [9.17, 15) is 4.39 Å². The van der Waals surface area contributed by atoms with Crippen molar-refractivity contribution >= 4 is 23.8 Å². The van der Waals surface area contributed by atoms with Crippen LogP contribution in [0.1, 0.15) is 74.0 Å². The maximum Gasteiger partial charge on any atom is 0.184 e. The fraction of sp³-hybridized carbons (Fsp3) is 0.517. The summed E-state index contributed by atoms with van der Waals surface area (Å²) < 4.78 is 24.5. The Kier molecular flexibility index (Phi) is 8.49. The van der Waals surface area contributed by atoms with E-state index >= 15 is 0 Å². The molecule has 2 aliphatic rings. The first-order chi connectivity index (χ1) is 16.1. The summed E-state index contributed by atoms with van der Waals surface area (Å²) in [6.07, 6.45) is 14.7. The van der Waals surface area contributed by atoms with Crippen molar-refractivity contribution in [2.45, 2.75) is 57.3 Å². The monoisotopic (exact) mass is 470 g/mol. The molecule has 0 unspecified atom stereocenters. The van der Waals surface area contributed by atoms with Crippen LogP contribution in [0.15, 0.2) is 36.4 Å². The lowest BCUT2D eigenvalue weighted by molar-refractivity contribution is 0.0968. The van der Waals surface area contributed by atoms with Gasteiger partial charge in [-0.1, -0.05) is 48.0 Å². The largest absolute Gasteiger partial charge is 0.494 e. The van der Waals surface area contributed by atoms with E-state index in [1.54, 1.807) is 12.1 Å². The third-order valence-electron chi connectivity index (χ3n) is 7.89. The van der Waals surface area contributed by atoms with Crippen LogP contribution in [0.25, 0.3) is 12.2 Å². The Morgan fingerprint density at radius 3 is 2.09 bits per heavy atom. The molecule has 4 heteroatoms. The Hall–Kier alpha value is -1.84. The lowest BCUT2D eigenvalue weighted by Crippen LogP contribution is -2.26. The average Bonchev–Trinajstić information content (AvgIpc) is 2.86. The predicted molar refractivity (Wildman–Crippen MR) is 135 cm³/mol.